The van der Waals surface area contributed by atoms with Crippen LogP contribution in [0.25, 0.3) is 0 Å². The van der Waals surface area contributed by atoms with E-state index in [2.05, 4.69) is 33.9 Å². The highest BCUT2D eigenvalue weighted by Crippen LogP contribution is 2.43. The van der Waals surface area contributed by atoms with Crippen molar-refractivity contribution in [1.82, 2.24) is 0 Å². The van der Waals surface area contributed by atoms with Crippen molar-refractivity contribution in [2.75, 3.05) is 7.11 Å². The summed E-state index contributed by atoms with van der Waals surface area (Å²) in [5, 5.41) is -0.529. The van der Waals surface area contributed by atoms with E-state index in [0.29, 0.717) is 6.61 Å². The van der Waals surface area contributed by atoms with Crippen LogP contribution in [0.1, 0.15) is 33.3 Å². The molecule has 1 saturated heterocycles. The van der Waals surface area contributed by atoms with Gasteiger partial charge in [-0.3, -0.25) is 0 Å². The predicted molar refractivity (Wildman–Crippen MR) is 135 cm³/mol. The number of hydrogen-bond acceptors (Lipinski definition) is 5. The van der Waals surface area contributed by atoms with E-state index < -0.39 is 32.1 Å². The third-order valence-electron chi connectivity index (χ3n) is 6.57. The van der Waals surface area contributed by atoms with Crippen LogP contribution in [0.5, 0.6) is 5.75 Å². The normalized spacial score (nSPS) is 26.2. The molecule has 2 aromatic rings. The predicted octanol–water partition coefficient (Wildman–Crippen LogP) is 6.85. The lowest BCUT2D eigenvalue weighted by atomic mass is 10.0. The Labute approximate surface area is 203 Å². The molecule has 1 aliphatic heterocycles. The Morgan fingerprint density at radius 1 is 1.00 bits per heavy atom. The number of hydrogen-bond donors (Lipinski definition) is 0. The molecule has 1 fully saturated rings. The summed E-state index contributed by atoms with van der Waals surface area (Å²) < 4.78 is 39.6. The Bertz CT molecular complexity index is 872. The van der Waals surface area contributed by atoms with Gasteiger partial charge in [0.1, 0.15) is 11.9 Å². The molecule has 1 aliphatic rings. The van der Waals surface area contributed by atoms with Crippen LogP contribution in [-0.4, -0.2) is 45.3 Å². The third kappa shape index (κ3) is 6.60. The van der Waals surface area contributed by atoms with E-state index in [4.69, 9.17) is 18.6 Å². The molecule has 0 radical (unpaired) electrons. The van der Waals surface area contributed by atoms with Crippen LogP contribution >= 0.6 is 11.8 Å². The van der Waals surface area contributed by atoms with Crippen molar-refractivity contribution in [3.63, 3.8) is 0 Å². The number of thioether (sulfide) groups is 1. The Balaban J connectivity index is 1.88. The fraction of sp³-hybridized carbons (Fsp3) is 0.538. The molecule has 1 heterocycles. The lowest BCUT2D eigenvalue weighted by Crippen LogP contribution is -2.60. The minimum absolute atomic E-state index is 0.0158. The first-order valence-electron chi connectivity index (χ1n) is 11.5. The van der Waals surface area contributed by atoms with E-state index in [1.54, 1.807) is 7.11 Å². The smallest absolute Gasteiger partial charge is 0.214 e. The minimum atomic E-state index is -2.15. The third-order valence-corrected chi connectivity index (χ3v) is 12.3. The van der Waals surface area contributed by atoms with Gasteiger partial charge in [-0.25, -0.2) is 4.39 Å². The average Bonchev–Trinajstić information content (AvgIpc) is 2.76. The molecule has 4 nitrogen and oxygen atoms in total. The highest BCUT2D eigenvalue weighted by atomic mass is 32.2. The van der Waals surface area contributed by atoms with E-state index in [0.717, 1.165) is 16.2 Å². The molecular formula is C26H37FO4SSi. The van der Waals surface area contributed by atoms with Crippen LogP contribution in [0, 0.1) is 0 Å². The van der Waals surface area contributed by atoms with E-state index in [1.165, 1.54) is 11.8 Å². The van der Waals surface area contributed by atoms with Crippen molar-refractivity contribution in [3.05, 3.63) is 60.2 Å². The standard InChI is InChI=1S/C26H37FO4SSi/c1-18-22(31-33(6,7)26(2,3)4)23(29-17-19-13-15-20(28-5)16-14-19)24(25(27)30-18)32-21-11-9-8-10-12-21/h8-16,18,22-25H,17H2,1-7H3/t18-,22-,23+,24-,25-/m1/s1. The van der Waals surface area contributed by atoms with Gasteiger partial charge in [0.05, 0.1) is 31.2 Å². The topological polar surface area (TPSA) is 36.9 Å². The van der Waals surface area contributed by atoms with E-state index in [9.17, 15) is 0 Å². The summed E-state index contributed by atoms with van der Waals surface area (Å²) in [6, 6.07) is 17.6. The van der Waals surface area contributed by atoms with E-state index in [1.807, 2.05) is 61.5 Å². The second-order valence-corrected chi connectivity index (χ2v) is 16.1. The average molecular weight is 493 g/mol. The molecule has 0 amide bonds. The van der Waals surface area contributed by atoms with Crippen molar-refractivity contribution in [1.29, 1.82) is 0 Å². The summed E-state index contributed by atoms with van der Waals surface area (Å²) in [6.07, 6.45) is -2.70. The molecule has 0 spiro atoms. The van der Waals surface area contributed by atoms with Gasteiger partial charge in [0.25, 0.3) is 0 Å². The Hall–Kier alpha value is -1.38. The Morgan fingerprint density at radius 3 is 2.21 bits per heavy atom. The van der Waals surface area contributed by atoms with Gasteiger partial charge in [-0.1, -0.05) is 51.1 Å². The van der Waals surface area contributed by atoms with E-state index >= 15 is 4.39 Å². The van der Waals surface area contributed by atoms with Gasteiger partial charge in [0, 0.05) is 4.90 Å². The van der Waals surface area contributed by atoms with Crippen LogP contribution < -0.4 is 4.74 Å². The highest BCUT2D eigenvalue weighted by molar-refractivity contribution is 8.00. The van der Waals surface area contributed by atoms with Gasteiger partial charge in [0.15, 0.2) is 8.32 Å². The van der Waals surface area contributed by atoms with Crippen LogP contribution in [0.3, 0.4) is 0 Å². The second-order valence-electron chi connectivity index (χ2n) is 10.1. The molecule has 5 atom stereocenters. The largest absolute Gasteiger partial charge is 0.497 e. The maximum absolute atomic E-state index is 15.3. The van der Waals surface area contributed by atoms with Crippen molar-refractivity contribution >= 4 is 20.1 Å². The lowest BCUT2D eigenvalue weighted by molar-refractivity contribution is -0.204. The minimum Gasteiger partial charge on any atom is -0.497 e. The fourth-order valence-corrected chi connectivity index (χ4v) is 6.05. The molecule has 0 N–H and O–H groups in total. The molecule has 33 heavy (non-hydrogen) atoms. The van der Waals surface area contributed by atoms with E-state index in [-0.39, 0.29) is 11.1 Å². The monoisotopic (exact) mass is 492 g/mol. The zero-order valence-corrected chi connectivity index (χ0v) is 22.5. The summed E-state index contributed by atoms with van der Waals surface area (Å²) in [5.74, 6) is 0.791. The van der Waals surface area contributed by atoms with Crippen LogP contribution in [0.15, 0.2) is 59.5 Å². The van der Waals surface area contributed by atoms with Gasteiger partial charge in [0.2, 0.25) is 6.36 Å². The number of methoxy groups -OCH3 is 1. The zero-order chi connectivity index (χ0) is 24.2. The van der Waals surface area contributed by atoms with Crippen molar-refractivity contribution in [2.24, 2.45) is 0 Å². The summed E-state index contributed by atoms with van der Waals surface area (Å²) in [4.78, 5) is 0.979. The number of ether oxygens (including phenoxy) is 3. The lowest BCUT2D eigenvalue weighted by Gasteiger charge is -2.48. The maximum Gasteiger partial charge on any atom is 0.214 e. The van der Waals surface area contributed by atoms with Crippen LogP contribution in [-0.2, 0) is 20.5 Å². The van der Waals surface area contributed by atoms with Gasteiger partial charge in [-0.05, 0) is 54.9 Å². The van der Waals surface area contributed by atoms with Crippen molar-refractivity contribution < 1.29 is 23.0 Å². The Kier molecular flexibility index (Phi) is 8.67. The first-order chi connectivity index (χ1) is 15.5. The Morgan fingerprint density at radius 2 is 1.64 bits per heavy atom. The van der Waals surface area contributed by atoms with Crippen LogP contribution in [0.2, 0.25) is 18.1 Å². The summed E-state index contributed by atoms with van der Waals surface area (Å²) in [5.41, 5.74) is 1.000. The summed E-state index contributed by atoms with van der Waals surface area (Å²) in [6.45, 7) is 13.3. The van der Waals surface area contributed by atoms with Gasteiger partial charge in [-0.2, -0.15) is 0 Å². The quantitative estimate of drug-likeness (QED) is 0.377. The zero-order valence-electron chi connectivity index (χ0n) is 20.7. The molecule has 0 aliphatic carbocycles. The summed E-state index contributed by atoms with van der Waals surface area (Å²) >= 11 is 1.45. The molecule has 2 aromatic carbocycles. The fourth-order valence-electron chi connectivity index (χ4n) is 3.52. The molecule has 0 aromatic heterocycles. The van der Waals surface area contributed by atoms with Crippen molar-refractivity contribution in [2.45, 2.75) is 87.2 Å². The maximum atomic E-state index is 15.3. The number of halogens is 1. The molecule has 7 heteroatoms. The molecule has 0 saturated carbocycles. The van der Waals surface area contributed by atoms with Crippen LogP contribution in [0.4, 0.5) is 4.39 Å². The van der Waals surface area contributed by atoms with Gasteiger partial charge in [-0.15, -0.1) is 11.8 Å². The molecular weight excluding hydrogens is 455 g/mol. The molecule has 3 rings (SSSR count). The first-order valence-corrected chi connectivity index (χ1v) is 15.2. The second kappa shape index (κ2) is 10.9. The van der Waals surface area contributed by atoms with Gasteiger partial charge >= 0.3 is 0 Å². The molecule has 0 bridgehead atoms. The number of rotatable bonds is 8. The van der Waals surface area contributed by atoms with Crippen molar-refractivity contribution in [3.8, 4) is 5.75 Å². The summed E-state index contributed by atoms with van der Waals surface area (Å²) in [7, 11) is -0.505. The SMILES string of the molecule is COc1ccc(CO[C@H]2[C@H](O[Si](C)(C)C(C)(C)C)[C@@H](C)O[C@@H](F)[C@@H]2Sc2ccccc2)cc1. The first kappa shape index (κ1) is 26.2. The highest BCUT2D eigenvalue weighted by Gasteiger charge is 2.50. The number of benzene rings is 2. The van der Waals surface area contributed by atoms with Gasteiger partial charge < -0.3 is 18.6 Å². The molecule has 0 unspecified atom stereocenters. The molecule has 182 valence electrons. The number of alkyl halides is 1.